The zero-order chi connectivity index (χ0) is 18.1. The van der Waals surface area contributed by atoms with Crippen molar-refractivity contribution in [2.24, 2.45) is 0 Å². The smallest absolute Gasteiger partial charge is 0.410 e. The van der Waals surface area contributed by atoms with Crippen LogP contribution in [0, 0.1) is 5.82 Å². The summed E-state index contributed by atoms with van der Waals surface area (Å²) in [6, 6.07) is 14.2. The molecule has 2 aliphatic heterocycles. The number of halogens is 2. The van der Waals surface area contributed by atoms with E-state index in [4.69, 9.17) is 16.3 Å². The lowest BCUT2D eigenvalue weighted by molar-refractivity contribution is 0.0832. The summed E-state index contributed by atoms with van der Waals surface area (Å²) >= 11 is 6.21. The molecule has 134 valence electrons. The maximum Gasteiger partial charge on any atom is 0.410 e. The third kappa shape index (κ3) is 3.34. The summed E-state index contributed by atoms with van der Waals surface area (Å²) in [5, 5.41) is 0.413. The molecule has 0 N–H and O–H groups in total. The van der Waals surface area contributed by atoms with Crippen LogP contribution in [0.1, 0.15) is 30.4 Å². The first-order valence-electron chi connectivity index (χ1n) is 8.77. The highest BCUT2D eigenvalue weighted by Crippen LogP contribution is 2.40. The van der Waals surface area contributed by atoms with Gasteiger partial charge in [0.25, 0.3) is 0 Å². The van der Waals surface area contributed by atoms with Crippen LogP contribution in [-0.2, 0) is 11.3 Å². The first-order valence-corrected chi connectivity index (χ1v) is 9.15. The molecule has 1 saturated heterocycles. The van der Waals surface area contributed by atoms with Crippen molar-refractivity contribution in [3.05, 3.63) is 76.6 Å². The molecular weight excluding hydrogens is 353 g/mol. The van der Waals surface area contributed by atoms with Gasteiger partial charge >= 0.3 is 6.09 Å². The number of nitrogens with zero attached hydrogens (tertiary/aromatic N) is 1. The summed E-state index contributed by atoms with van der Waals surface area (Å²) in [7, 11) is 0. The number of hydrogen-bond acceptors (Lipinski definition) is 2. The van der Waals surface area contributed by atoms with E-state index in [0.717, 1.165) is 29.5 Å². The van der Waals surface area contributed by atoms with Crippen molar-refractivity contribution in [1.29, 1.82) is 0 Å². The molecule has 0 spiro atoms. The van der Waals surface area contributed by atoms with Crippen molar-refractivity contribution >= 4 is 23.3 Å². The van der Waals surface area contributed by atoms with Gasteiger partial charge in [-0.15, -0.1) is 0 Å². The fourth-order valence-corrected chi connectivity index (χ4v) is 4.15. The number of carbonyl (C=O) groups excluding carboxylic acids is 1. The van der Waals surface area contributed by atoms with Crippen molar-refractivity contribution in [3.8, 4) is 0 Å². The fraction of sp³-hybridized carbons (Fsp3) is 0.286. The van der Waals surface area contributed by atoms with Gasteiger partial charge in [-0.25, -0.2) is 9.18 Å². The molecule has 26 heavy (non-hydrogen) atoms. The Balaban J connectivity index is 1.49. The lowest BCUT2D eigenvalue weighted by Gasteiger charge is -2.33. The SMILES string of the molecule is O=C(OCc1ccccc1)N1C2C=C(c3ccc(F)cc3Cl)CC1CC2. The maximum atomic E-state index is 13.3. The van der Waals surface area contributed by atoms with Gasteiger partial charge in [-0.05, 0) is 48.1 Å². The zero-order valence-corrected chi connectivity index (χ0v) is 15.0. The van der Waals surface area contributed by atoms with Crippen LogP contribution in [0.2, 0.25) is 5.02 Å². The molecule has 2 atom stereocenters. The number of rotatable bonds is 3. The van der Waals surface area contributed by atoms with Gasteiger partial charge in [0.2, 0.25) is 0 Å². The lowest BCUT2D eigenvalue weighted by atomic mass is 9.95. The van der Waals surface area contributed by atoms with Crippen LogP contribution in [0.25, 0.3) is 5.57 Å². The number of carbonyl (C=O) groups is 1. The van der Waals surface area contributed by atoms with E-state index in [1.165, 1.54) is 12.1 Å². The minimum absolute atomic E-state index is 0.00754. The molecule has 4 rings (SSSR count). The standard InChI is InChI=1S/C21H19ClFNO2/c22-20-12-16(23)6-9-19(20)15-10-17-7-8-18(11-15)24(17)21(25)26-13-14-4-2-1-3-5-14/h1-6,9-10,12,17-18H,7-8,11,13H2. The summed E-state index contributed by atoms with van der Waals surface area (Å²) in [6.07, 6.45) is 4.35. The van der Waals surface area contributed by atoms with Crippen LogP contribution in [0.4, 0.5) is 9.18 Å². The molecule has 2 unspecified atom stereocenters. The zero-order valence-electron chi connectivity index (χ0n) is 14.2. The first-order chi connectivity index (χ1) is 12.6. The van der Waals surface area contributed by atoms with Gasteiger partial charge in [-0.1, -0.05) is 54.1 Å². The Bertz CT molecular complexity index is 852. The average molecular weight is 372 g/mol. The highest BCUT2D eigenvalue weighted by molar-refractivity contribution is 6.32. The molecule has 0 radical (unpaired) electrons. The van der Waals surface area contributed by atoms with Crippen LogP contribution < -0.4 is 0 Å². The first kappa shape index (κ1) is 17.1. The van der Waals surface area contributed by atoms with Crippen LogP contribution >= 0.6 is 11.6 Å². The van der Waals surface area contributed by atoms with Gasteiger partial charge in [-0.3, -0.25) is 4.90 Å². The average Bonchev–Trinajstić information content (AvgIpc) is 2.90. The summed E-state index contributed by atoms with van der Waals surface area (Å²) in [5.74, 6) is -0.343. The molecule has 1 fully saturated rings. The van der Waals surface area contributed by atoms with E-state index in [2.05, 4.69) is 6.08 Å². The van der Waals surface area contributed by atoms with E-state index in [1.807, 2.05) is 35.2 Å². The number of benzene rings is 2. The van der Waals surface area contributed by atoms with E-state index in [9.17, 15) is 9.18 Å². The third-order valence-corrected chi connectivity index (χ3v) is 5.40. The van der Waals surface area contributed by atoms with Gasteiger partial charge in [0, 0.05) is 6.04 Å². The van der Waals surface area contributed by atoms with Crippen LogP contribution in [0.3, 0.4) is 0 Å². The largest absolute Gasteiger partial charge is 0.445 e. The molecule has 2 bridgehead atoms. The Kier molecular flexibility index (Phi) is 4.68. The Morgan fingerprint density at radius 1 is 1.19 bits per heavy atom. The number of hydrogen-bond donors (Lipinski definition) is 0. The van der Waals surface area contributed by atoms with Gasteiger partial charge in [0.05, 0.1) is 11.1 Å². The van der Waals surface area contributed by atoms with Crippen molar-refractivity contribution in [1.82, 2.24) is 4.90 Å². The molecule has 1 amide bonds. The van der Waals surface area contributed by atoms with Crippen molar-refractivity contribution < 1.29 is 13.9 Å². The highest BCUT2D eigenvalue weighted by Gasteiger charge is 2.40. The summed E-state index contributed by atoms with van der Waals surface area (Å²) in [4.78, 5) is 14.4. The molecule has 2 aromatic carbocycles. The number of ether oxygens (including phenoxy) is 1. The molecule has 2 aromatic rings. The van der Waals surface area contributed by atoms with Crippen molar-refractivity contribution in [2.45, 2.75) is 38.0 Å². The second kappa shape index (κ2) is 7.12. The quantitative estimate of drug-likeness (QED) is 0.719. The lowest BCUT2D eigenvalue weighted by Crippen LogP contribution is -2.43. The topological polar surface area (TPSA) is 29.5 Å². The highest BCUT2D eigenvalue weighted by atomic mass is 35.5. The van der Waals surface area contributed by atoms with Crippen molar-refractivity contribution in [2.75, 3.05) is 0 Å². The summed E-state index contributed by atoms with van der Waals surface area (Å²) < 4.78 is 18.8. The van der Waals surface area contributed by atoms with Gasteiger partial charge < -0.3 is 4.74 Å². The van der Waals surface area contributed by atoms with Crippen LogP contribution in [0.15, 0.2) is 54.6 Å². The Hall–Kier alpha value is -2.33. The maximum absolute atomic E-state index is 13.3. The monoisotopic (exact) mass is 371 g/mol. The molecule has 3 nitrogen and oxygen atoms in total. The Morgan fingerprint density at radius 3 is 2.73 bits per heavy atom. The third-order valence-electron chi connectivity index (χ3n) is 5.09. The van der Waals surface area contributed by atoms with Gasteiger partial charge in [-0.2, -0.15) is 0 Å². The van der Waals surface area contributed by atoms with E-state index < -0.39 is 0 Å². The predicted octanol–water partition coefficient (Wildman–Crippen LogP) is 5.44. The Labute approximate surface area is 157 Å². The second-order valence-electron chi connectivity index (χ2n) is 6.77. The van der Waals surface area contributed by atoms with E-state index in [0.29, 0.717) is 11.4 Å². The summed E-state index contributed by atoms with van der Waals surface area (Å²) in [5.41, 5.74) is 2.90. The molecule has 2 aliphatic rings. The minimum Gasteiger partial charge on any atom is -0.445 e. The van der Waals surface area contributed by atoms with Gasteiger partial charge in [0.1, 0.15) is 12.4 Å². The number of amides is 1. The van der Waals surface area contributed by atoms with E-state index >= 15 is 0 Å². The fourth-order valence-electron chi connectivity index (χ4n) is 3.86. The molecule has 5 heteroatoms. The molecule has 2 heterocycles. The summed E-state index contributed by atoms with van der Waals surface area (Å²) in [6.45, 7) is 0.274. The van der Waals surface area contributed by atoms with Crippen LogP contribution in [0.5, 0.6) is 0 Å². The Morgan fingerprint density at radius 2 is 2.00 bits per heavy atom. The molecule has 0 aliphatic carbocycles. The number of fused-ring (bicyclic) bond motifs is 2. The normalized spacial score (nSPS) is 21.5. The van der Waals surface area contributed by atoms with Gasteiger partial charge in [0.15, 0.2) is 0 Å². The minimum atomic E-state index is -0.343. The van der Waals surface area contributed by atoms with Crippen molar-refractivity contribution in [3.63, 3.8) is 0 Å². The molecular formula is C21H19ClFNO2. The second-order valence-corrected chi connectivity index (χ2v) is 7.17. The van der Waals surface area contributed by atoms with Crippen LogP contribution in [-0.4, -0.2) is 23.1 Å². The van der Waals surface area contributed by atoms with E-state index in [1.54, 1.807) is 6.07 Å². The molecule has 0 saturated carbocycles. The van der Waals surface area contributed by atoms with E-state index in [-0.39, 0.29) is 30.6 Å². The molecule has 0 aromatic heterocycles. The predicted molar refractivity (Wildman–Crippen MR) is 99.3 cm³/mol.